The Kier molecular flexibility index (Phi) is 5.58. The van der Waals surface area contributed by atoms with E-state index in [4.69, 9.17) is 9.84 Å². The summed E-state index contributed by atoms with van der Waals surface area (Å²) in [6.07, 6.45) is 0. The molecule has 1 N–H and O–H groups in total. The van der Waals surface area contributed by atoms with Crippen molar-refractivity contribution in [3.63, 3.8) is 0 Å². The Balaban J connectivity index is 2.06. The molecule has 7 heteroatoms. The molecular formula is C22H28FN3O2S. The van der Waals surface area contributed by atoms with Crippen molar-refractivity contribution < 1.29 is 13.9 Å². The average molecular weight is 418 g/mol. The predicted octanol–water partition coefficient (Wildman–Crippen LogP) is 5.69. The average Bonchev–Trinajstić information content (AvgIpc) is 3.17. The van der Waals surface area contributed by atoms with Gasteiger partial charge in [0.05, 0.1) is 22.7 Å². The molecule has 0 spiro atoms. The number of anilines is 1. The molecule has 0 fully saturated rings. The van der Waals surface area contributed by atoms with Crippen LogP contribution in [-0.2, 0) is 22.3 Å². The monoisotopic (exact) mass is 417 g/mol. The van der Waals surface area contributed by atoms with Gasteiger partial charge in [-0.15, -0.1) is 11.3 Å². The van der Waals surface area contributed by atoms with E-state index in [0.29, 0.717) is 21.6 Å². The van der Waals surface area contributed by atoms with E-state index in [9.17, 15) is 9.18 Å². The summed E-state index contributed by atoms with van der Waals surface area (Å²) in [6.45, 7) is 12.5. The summed E-state index contributed by atoms with van der Waals surface area (Å²) in [5.74, 6) is -0.0168. The van der Waals surface area contributed by atoms with Gasteiger partial charge in [0, 0.05) is 34.2 Å². The van der Waals surface area contributed by atoms with Crippen LogP contribution in [0.15, 0.2) is 24.3 Å². The fourth-order valence-electron chi connectivity index (χ4n) is 3.15. The lowest BCUT2D eigenvalue weighted by Gasteiger charge is -2.23. The molecule has 0 aliphatic rings. The van der Waals surface area contributed by atoms with Gasteiger partial charge >= 0.3 is 0 Å². The Morgan fingerprint density at radius 1 is 1.24 bits per heavy atom. The molecule has 0 radical (unpaired) electrons. The molecule has 1 amide bonds. The van der Waals surface area contributed by atoms with E-state index in [1.807, 2.05) is 37.6 Å². The summed E-state index contributed by atoms with van der Waals surface area (Å²) >= 11 is 1.27. The molecule has 0 bridgehead atoms. The second kappa shape index (κ2) is 7.54. The largest absolute Gasteiger partial charge is 0.380 e. The first-order chi connectivity index (χ1) is 13.4. The highest BCUT2D eigenvalue weighted by atomic mass is 32.1. The molecule has 156 valence electrons. The third-order valence-electron chi connectivity index (χ3n) is 4.61. The van der Waals surface area contributed by atoms with Crippen LogP contribution in [0.4, 0.5) is 10.2 Å². The molecule has 3 aromatic rings. The number of carbonyl (C=O) groups is 1. The van der Waals surface area contributed by atoms with E-state index in [-0.39, 0.29) is 29.3 Å². The summed E-state index contributed by atoms with van der Waals surface area (Å²) in [7, 11) is 1.54. The zero-order valence-corrected chi connectivity index (χ0v) is 18.8. The molecule has 0 saturated carbocycles. The van der Waals surface area contributed by atoms with Gasteiger partial charge in [0.15, 0.2) is 0 Å². The molecule has 0 unspecified atom stereocenters. The van der Waals surface area contributed by atoms with Gasteiger partial charge in [-0.1, -0.05) is 26.8 Å². The van der Waals surface area contributed by atoms with Crippen molar-refractivity contribution in [2.24, 2.45) is 0 Å². The van der Waals surface area contributed by atoms with Gasteiger partial charge in [0.1, 0.15) is 11.6 Å². The summed E-state index contributed by atoms with van der Waals surface area (Å²) in [4.78, 5) is 13.7. The van der Waals surface area contributed by atoms with Gasteiger partial charge in [-0.2, -0.15) is 5.10 Å². The third kappa shape index (κ3) is 4.21. The van der Waals surface area contributed by atoms with Crippen molar-refractivity contribution in [3.8, 4) is 0 Å². The van der Waals surface area contributed by atoms with Crippen molar-refractivity contribution in [1.29, 1.82) is 0 Å². The van der Waals surface area contributed by atoms with Crippen LogP contribution in [0, 0.1) is 5.82 Å². The van der Waals surface area contributed by atoms with E-state index in [2.05, 4.69) is 26.1 Å². The van der Waals surface area contributed by atoms with Crippen LogP contribution < -0.4 is 5.32 Å². The molecule has 0 aliphatic heterocycles. The zero-order valence-electron chi connectivity index (χ0n) is 18.0. The molecular weight excluding hydrogens is 389 g/mol. The zero-order chi connectivity index (χ0) is 21.6. The van der Waals surface area contributed by atoms with Crippen LogP contribution in [0.3, 0.4) is 0 Å². The minimum absolute atomic E-state index is 0.155. The number of hydrogen-bond donors (Lipinski definition) is 1. The summed E-state index contributed by atoms with van der Waals surface area (Å²) in [5.41, 5.74) is 0.995. The highest BCUT2D eigenvalue weighted by Gasteiger charge is 2.27. The van der Waals surface area contributed by atoms with Crippen LogP contribution in [0.2, 0.25) is 0 Å². The topological polar surface area (TPSA) is 56.1 Å². The minimum Gasteiger partial charge on any atom is -0.380 e. The number of benzene rings is 1. The number of fused-ring (bicyclic) bond motifs is 1. The fourth-order valence-corrected chi connectivity index (χ4v) is 4.27. The van der Waals surface area contributed by atoms with Gasteiger partial charge < -0.3 is 10.1 Å². The Morgan fingerprint density at radius 2 is 1.93 bits per heavy atom. The number of thiophene rings is 1. The second-order valence-corrected chi connectivity index (χ2v) is 10.2. The number of ether oxygens (including phenoxy) is 1. The summed E-state index contributed by atoms with van der Waals surface area (Å²) < 4.78 is 22.2. The molecule has 29 heavy (non-hydrogen) atoms. The normalized spacial score (nSPS) is 12.6. The van der Waals surface area contributed by atoms with Crippen LogP contribution in [0.5, 0.6) is 0 Å². The van der Waals surface area contributed by atoms with E-state index >= 15 is 0 Å². The molecule has 2 aromatic heterocycles. The van der Waals surface area contributed by atoms with Crippen LogP contribution in [0.1, 0.15) is 62.5 Å². The molecule has 0 saturated heterocycles. The molecule has 2 heterocycles. The minimum atomic E-state index is -0.348. The standard InChI is InChI=1S/C22H28FN3O2S/c1-21(2,3)16-11-17(26(25-16)22(4,5)6)24-20(27)19-13(12-28-7)18-14(23)9-8-10-15(18)29-19/h8-11H,12H2,1-7H3,(H,24,27). The fraction of sp³-hybridized carbons (Fsp3) is 0.455. The number of carbonyl (C=O) groups excluding carboxylic acids is 1. The van der Waals surface area contributed by atoms with Gasteiger partial charge in [0.25, 0.3) is 5.91 Å². The summed E-state index contributed by atoms with van der Waals surface area (Å²) in [6, 6.07) is 6.78. The Bertz CT molecular complexity index is 1050. The van der Waals surface area contributed by atoms with E-state index < -0.39 is 0 Å². The van der Waals surface area contributed by atoms with Crippen LogP contribution >= 0.6 is 11.3 Å². The maximum Gasteiger partial charge on any atom is 0.267 e. The van der Waals surface area contributed by atoms with Gasteiger partial charge in [-0.25, -0.2) is 9.07 Å². The lowest BCUT2D eigenvalue weighted by atomic mass is 9.92. The first kappa shape index (κ1) is 21.5. The molecule has 0 aliphatic carbocycles. The summed E-state index contributed by atoms with van der Waals surface area (Å²) in [5, 5.41) is 8.18. The number of amides is 1. The van der Waals surface area contributed by atoms with Crippen molar-refractivity contribution in [2.45, 2.75) is 59.1 Å². The quantitative estimate of drug-likeness (QED) is 0.593. The SMILES string of the molecule is COCc1c(C(=O)Nc2cc(C(C)(C)C)nn2C(C)(C)C)sc2cccc(F)c12. The number of hydrogen-bond acceptors (Lipinski definition) is 4. The number of halogens is 1. The first-order valence-corrected chi connectivity index (χ1v) is 10.4. The number of methoxy groups -OCH3 is 1. The van der Waals surface area contributed by atoms with Gasteiger partial charge in [-0.05, 0) is 32.9 Å². The maximum atomic E-state index is 14.4. The second-order valence-electron chi connectivity index (χ2n) is 9.16. The number of nitrogens with zero attached hydrogens (tertiary/aromatic N) is 2. The van der Waals surface area contributed by atoms with Crippen LogP contribution in [-0.4, -0.2) is 22.8 Å². The number of rotatable bonds is 4. The maximum absolute atomic E-state index is 14.4. The highest BCUT2D eigenvalue weighted by Crippen LogP contribution is 2.35. The lowest BCUT2D eigenvalue weighted by Crippen LogP contribution is -2.27. The van der Waals surface area contributed by atoms with Gasteiger partial charge in [0.2, 0.25) is 0 Å². The number of nitrogens with one attached hydrogen (secondary N) is 1. The van der Waals surface area contributed by atoms with E-state index in [1.54, 1.807) is 6.07 Å². The Morgan fingerprint density at radius 3 is 2.52 bits per heavy atom. The van der Waals surface area contributed by atoms with Crippen molar-refractivity contribution in [3.05, 3.63) is 46.2 Å². The lowest BCUT2D eigenvalue weighted by molar-refractivity contribution is 0.102. The van der Waals surface area contributed by atoms with Crippen LogP contribution in [0.25, 0.3) is 10.1 Å². The Labute approximate surface area is 174 Å². The van der Waals surface area contributed by atoms with E-state index in [0.717, 1.165) is 10.4 Å². The number of aromatic nitrogens is 2. The first-order valence-electron chi connectivity index (χ1n) is 9.54. The highest BCUT2D eigenvalue weighted by molar-refractivity contribution is 7.21. The molecule has 0 atom stereocenters. The molecule has 5 nitrogen and oxygen atoms in total. The van der Waals surface area contributed by atoms with Crippen molar-refractivity contribution in [1.82, 2.24) is 9.78 Å². The van der Waals surface area contributed by atoms with Crippen molar-refractivity contribution >= 4 is 33.1 Å². The Hall–Kier alpha value is -2.25. The van der Waals surface area contributed by atoms with E-state index in [1.165, 1.54) is 24.5 Å². The predicted molar refractivity (Wildman–Crippen MR) is 116 cm³/mol. The molecule has 3 rings (SSSR count). The smallest absolute Gasteiger partial charge is 0.267 e. The third-order valence-corrected chi connectivity index (χ3v) is 5.81. The van der Waals surface area contributed by atoms with Crippen molar-refractivity contribution in [2.75, 3.05) is 12.4 Å². The molecule has 1 aromatic carbocycles. The van der Waals surface area contributed by atoms with Gasteiger partial charge in [-0.3, -0.25) is 4.79 Å².